The molecule has 182 valence electrons. The summed E-state index contributed by atoms with van der Waals surface area (Å²) in [6.07, 6.45) is 0.598. The Labute approximate surface area is 206 Å². The summed E-state index contributed by atoms with van der Waals surface area (Å²) in [5.74, 6) is 2.46. The summed E-state index contributed by atoms with van der Waals surface area (Å²) in [7, 11) is -0.658. The minimum absolute atomic E-state index is 0.0882. The lowest BCUT2D eigenvalue weighted by molar-refractivity contribution is -0.140. The van der Waals surface area contributed by atoms with Crippen LogP contribution in [0, 0.1) is 17.4 Å². The highest BCUT2D eigenvalue weighted by Gasteiger charge is 2.21. The third kappa shape index (κ3) is 6.88. The fourth-order valence-electron chi connectivity index (χ4n) is 3.59. The Balaban J connectivity index is 2.15. The Morgan fingerprint density at radius 1 is 1.06 bits per heavy atom. The highest BCUT2D eigenvalue weighted by molar-refractivity contribution is 7.64. The number of carbonyl (C=O) groups excluding carboxylic acids is 1. The van der Waals surface area contributed by atoms with Crippen LogP contribution in [0.4, 0.5) is 4.39 Å². The van der Waals surface area contributed by atoms with Crippen molar-refractivity contribution in [2.24, 2.45) is 0 Å². The number of hydrogen-bond donors (Lipinski definition) is 0. The van der Waals surface area contributed by atoms with E-state index in [1.165, 1.54) is 26.4 Å². The fraction of sp³-hybridized carbons (Fsp3) is 0.286. The number of hydrogen-bond acceptors (Lipinski definition) is 5. The first-order chi connectivity index (χ1) is 16.8. The molecule has 1 aromatic heterocycles. The molecule has 0 amide bonds. The van der Waals surface area contributed by atoms with Crippen molar-refractivity contribution < 1.29 is 23.0 Å². The van der Waals surface area contributed by atoms with Crippen LogP contribution in [0.1, 0.15) is 43.7 Å². The molecule has 0 N–H and O–H groups in total. The Hall–Kier alpha value is -3.26. The van der Waals surface area contributed by atoms with E-state index in [4.69, 9.17) is 9.51 Å². The molecule has 7 heteroatoms. The Bertz CT molecular complexity index is 1280. The smallest absolute Gasteiger partial charge is 0.305 e. The highest BCUT2D eigenvalue weighted by Crippen LogP contribution is 2.46. The van der Waals surface area contributed by atoms with Gasteiger partial charge >= 0.3 is 5.97 Å². The average Bonchev–Trinajstić information content (AvgIpc) is 2.87. The molecule has 0 saturated heterocycles. The van der Waals surface area contributed by atoms with Gasteiger partial charge in [0, 0.05) is 30.8 Å². The van der Waals surface area contributed by atoms with Crippen LogP contribution in [0.25, 0.3) is 22.5 Å². The van der Waals surface area contributed by atoms with Gasteiger partial charge in [-0.1, -0.05) is 50.1 Å². The number of benzene rings is 2. The SMILES string of the molecule is COC(=O)CCCP(=O)(C#Cc1c(C(C)C)cc(-c2ccccc2)nc1-c1ccc(F)cc1)OC. The van der Waals surface area contributed by atoms with Gasteiger partial charge in [0.15, 0.2) is 0 Å². The van der Waals surface area contributed by atoms with Gasteiger partial charge in [-0.2, -0.15) is 0 Å². The number of pyridine rings is 1. The molecule has 0 aliphatic carbocycles. The van der Waals surface area contributed by atoms with E-state index < -0.39 is 7.37 Å². The molecule has 0 fully saturated rings. The Morgan fingerprint density at radius 3 is 2.34 bits per heavy atom. The van der Waals surface area contributed by atoms with Crippen molar-refractivity contribution in [2.75, 3.05) is 20.4 Å². The largest absolute Gasteiger partial charge is 0.469 e. The van der Waals surface area contributed by atoms with Gasteiger partial charge in [0.05, 0.1) is 24.1 Å². The number of nitrogens with zero attached hydrogens (tertiary/aromatic N) is 1. The number of halogens is 1. The quantitative estimate of drug-likeness (QED) is 0.195. The molecule has 35 heavy (non-hydrogen) atoms. The van der Waals surface area contributed by atoms with Gasteiger partial charge in [-0.25, -0.2) is 9.37 Å². The number of esters is 1. The summed E-state index contributed by atoms with van der Waals surface area (Å²) >= 11 is 0. The predicted octanol–water partition coefficient (Wildman–Crippen LogP) is 6.86. The van der Waals surface area contributed by atoms with E-state index in [1.54, 1.807) is 12.1 Å². The first-order valence-electron chi connectivity index (χ1n) is 11.4. The first-order valence-corrected chi connectivity index (χ1v) is 13.2. The molecular weight excluding hydrogens is 464 g/mol. The van der Waals surface area contributed by atoms with Crippen molar-refractivity contribution in [1.82, 2.24) is 4.98 Å². The van der Waals surface area contributed by atoms with E-state index in [-0.39, 0.29) is 30.3 Å². The van der Waals surface area contributed by atoms with E-state index in [1.807, 2.05) is 36.4 Å². The molecule has 1 unspecified atom stereocenters. The van der Waals surface area contributed by atoms with Crippen molar-refractivity contribution in [1.29, 1.82) is 0 Å². The minimum Gasteiger partial charge on any atom is -0.469 e. The van der Waals surface area contributed by atoms with Crippen LogP contribution in [0.5, 0.6) is 0 Å². The van der Waals surface area contributed by atoms with Crippen LogP contribution in [0.2, 0.25) is 0 Å². The molecule has 0 spiro atoms. The van der Waals surface area contributed by atoms with E-state index in [2.05, 4.69) is 30.2 Å². The zero-order valence-corrected chi connectivity index (χ0v) is 21.3. The topological polar surface area (TPSA) is 65.5 Å². The Kier molecular flexibility index (Phi) is 8.98. The van der Waals surface area contributed by atoms with Crippen LogP contribution in [0.15, 0.2) is 60.7 Å². The molecule has 2 aromatic carbocycles. The van der Waals surface area contributed by atoms with Crippen molar-refractivity contribution >= 4 is 13.3 Å². The molecule has 0 aliphatic heterocycles. The van der Waals surface area contributed by atoms with Crippen LogP contribution in [-0.4, -0.2) is 31.3 Å². The zero-order valence-electron chi connectivity index (χ0n) is 20.4. The van der Waals surface area contributed by atoms with Crippen molar-refractivity contribution in [3.8, 4) is 34.1 Å². The molecule has 0 bridgehead atoms. The van der Waals surface area contributed by atoms with E-state index in [9.17, 15) is 13.8 Å². The zero-order chi connectivity index (χ0) is 25.4. The monoisotopic (exact) mass is 493 g/mol. The van der Waals surface area contributed by atoms with Crippen LogP contribution in [-0.2, 0) is 18.6 Å². The summed E-state index contributed by atoms with van der Waals surface area (Å²) in [6, 6.07) is 17.9. The number of aromatic nitrogens is 1. The molecular formula is C28H29FNO4P. The van der Waals surface area contributed by atoms with Crippen LogP contribution >= 0.6 is 7.37 Å². The van der Waals surface area contributed by atoms with Gasteiger partial charge in [0.25, 0.3) is 7.37 Å². The van der Waals surface area contributed by atoms with Crippen molar-refractivity contribution in [3.05, 3.63) is 77.6 Å². The molecule has 5 nitrogen and oxygen atoms in total. The lowest BCUT2D eigenvalue weighted by Crippen LogP contribution is -2.03. The van der Waals surface area contributed by atoms with E-state index in [0.29, 0.717) is 23.2 Å². The number of methoxy groups -OCH3 is 1. The molecule has 0 aliphatic rings. The van der Waals surface area contributed by atoms with Crippen LogP contribution in [0.3, 0.4) is 0 Å². The van der Waals surface area contributed by atoms with Gasteiger partial charge in [0.2, 0.25) is 0 Å². The van der Waals surface area contributed by atoms with Gasteiger partial charge < -0.3 is 9.26 Å². The molecule has 1 atom stereocenters. The van der Waals surface area contributed by atoms with E-state index >= 15 is 0 Å². The maximum Gasteiger partial charge on any atom is 0.305 e. The van der Waals surface area contributed by atoms with Gasteiger partial charge in [-0.15, -0.1) is 0 Å². The van der Waals surface area contributed by atoms with E-state index in [0.717, 1.165) is 16.8 Å². The summed E-state index contributed by atoms with van der Waals surface area (Å²) < 4.78 is 36.9. The third-order valence-corrected chi connectivity index (χ3v) is 7.51. The maximum absolute atomic E-state index is 13.7. The minimum atomic E-state index is -3.33. The lowest BCUT2D eigenvalue weighted by Gasteiger charge is -2.16. The maximum atomic E-state index is 13.7. The number of ether oxygens (including phenoxy) is 1. The number of rotatable bonds is 8. The van der Waals surface area contributed by atoms with Gasteiger partial charge in [0.1, 0.15) is 5.82 Å². The summed E-state index contributed by atoms with van der Waals surface area (Å²) in [6.45, 7) is 4.10. The van der Waals surface area contributed by atoms with Gasteiger partial charge in [-0.3, -0.25) is 9.36 Å². The second-order valence-corrected chi connectivity index (χ2v) is 10.7. The normalized spacial score (nSPS) is 12.5. The molecule has 3 aromatic rings. The second-order valence-electron chi connectivity index (χ2n) is 8.34. The Morgan fingerprint density at radius 2 is 1.74 bits per heavy atom. The van der Waals surface area contributed by atoms with Crippen molar-refractivity contribution in [2.45, 2.75) is 32.6 Å². The fourth-order valence-corrected chi connectivity index (χ4v) is 4.83. The first kappa shape index (κ1) is 26.3. The summed E-state index contributed by atoms with van der Waals surface area (Å²) in [5.41, 5.74) is 7.40. The summed E-state index contributed by atoms with van der Waals surface area (Å²) in [5, 5.41) is 0. The predicted molar refractivity (Wildman–Crippen MR) is 137 cm³/mol. The molecule has 0 saturated carbocycles. The molecule has 3 rings (SSSR count). The molecule has 0 radical (unpaired) electrons. The average molecular weight is 494 g/mol. The molecule has 1 heterocycles. The summed E-state index contributed by atoms with van der Waals surface area (Å²) in [4.78, 5) is 16.3. The standard InChI is InChI=1S/C28H29FNO4P/c1-20(2)25-19-26(21-9-6-5-7-10-21)30-28(22-12-14-23(29)15-13-22)24(25)16-18-35(32,34-4)17-8-11-27(31)33-3/h5-7,9-10,12-15,19-20H,8,11,17H2,1-4H3. The number of carbonyl (C=O) groups is 1. The lowest BCUT2D eigenvalue weighted by atomic mass is 9.92. The van der Waals surface area contributed by atoms with Crippen molar-refractivity contribution in [3.63, 3.8) is 0 Å². The second kappa shape index (κ2) is 11.9. The highest BCUT2D eigenvalue weighted by atomic mass is 31.2. The van der Waals surface area contributed by atoms with Crippen LogP contribution < -0.4 is 0 Å². The van der Waals surface area contributed by atoms with Gasteiger partial charge in [-0.05, 0) is 53.9 Å². The third-order valence-electron chi connectivity index (χ3n) is 5.57.